The molecule has 2 aromatic heterocycles. The number of rotatable bonds is 4. The van der Waals surface area contributed by atoms with Gasteiger partial charge in [0.2, 0.25) is 5.95 Å². The molecule has 160 valence electrons. The summed E-state index contributed by atoms with van der Waals surface area (Å²) in [6.45, 7) is 4.12. The Labute approximate surface area is 182 Å². The summed E-state index contributed by atoms with van der Waals surface area (Å²) in [7, 11) is 1.69. The number of nitrogens with zero attached hydrogens (tertiary/aromatic N) is 5. The molecule has 0 aliphatic carbocycles. The maximum absolute atomic E-state index is 5.47. The van der Waals surface area contributed by atoms with E-state index in [1.165, 1.54) is 24.1 Å². The van der Waals surface area contributed by atoms with Gasteiger partial charge in [-0.2, -0.15) is 0 Å². The molecule has 3 aliphatic rings. The van der Waals surface area contributed by atoms with Gasteiger partial charge in [0.05, 0.1) is 37.2 Å². The van der Waals surface area contributed by atoms with E-state index < -0.39 is 0 Å². The highest BCUT2D eigenvalue weighted by Gasteiger charge is 2.41. The number of hydrogen-bond donors (Lipinski definition) is 0. The number of methoxy groups -OCH3 is 1. The van der Waals surface area contributed by atoms with Crippen molar-refractivity contribution in [2.75, 3.05) is 38.3 Å². The van der Waals surface area contributed by atoms with Crippen molar-refractivity contribution in [3.05, 3.63) is 53.5 Å². The Kier molecular flexibility index (Phi) is 4.73. The molecule has 0 N–H and O–H groups in total. The maximum atomic E-state index is 5.47. The van der Waals surface area contributed by atoms with Crippen LogP contribution in [-0.4, -0.2) is 59.3 Å². The minimum absolute atomic E-state index is 0.390. The van der Waals surface area contributed by atoms with Crippen molar-refractivity contribution in [2.45, 2.75) is 37.9 Å². The molecule has 0 saturated carbocycles. The Morgan fingerprint density at radius 2 is 2.00 bits per heavy atom. The second kappa shape index (κ2) is 7.73. The van der Waals surface area contributed by atoms with Crippen molar-refractivity contribution >= 4 is 16.9 Å². The summed E-state index contributed by atoms with van der Waals surface area (Å²) in [4.78, 5) is 19.5. The van der Waals surface area contributed by atoms with Gasteiger partial charge in [0.1, 0.15) is 5.75 Å². The first-order chi connectivity index (χ1) is 15.3. The number of anilines is 1. The van der Waals surface area contributed by atoms with Crippen molar-refractivity contribution in [3.63, 3.8) is 0 Å². The van der Waals surface area contributed by atoms with Gasteiger partial charge in [-0.05, 0) is 37.1 Å². The number of benzene rings is 1. The fourth-order valence-corrected chi connectivity index (χ4v) is 5.27. The number of pyridine rings is 1. The normalized spacial score (nSPS) is 23.2. The van der Waals surface area contributed by atoms with Crippen LogP contribution in [0.15, 0.2) is 36.5 Å². The highest BCUT2D eigenvalue weighted by atomic mass is 16.5. The molecule has 2 atom stereocenters. The van der Waals surface area contributed by atoms with E-state index in [0.29, 0.717) is 12.1 Å². The van der Waals surface area contributed by atoms with E-state index in [0.717, 1.165) is 67.6 Å². The van der Waals surface area contributed by atoms with Crippen LogP contribution >= 0.6 is 0 Å². The van der Waals surface area contributed by atoms with Crippen LogP contribution in [0.25, 0.3) is 10.9 Å². The quantitative estimate of drug-likeness (QED) is 0.646. The zero-order valence-electron chi connectivity index (χ0n) is 17.8. The zero-order chi connectivity index (χ0) is 20.8. The summed E-state index contributed by atoms with van der Waals surface area (Å²) in [6, 6.07) is 11.3. The molecule has 6 rings (SSSR count). The Morgan fingerprint density at radius 3 is 2.87 bits per heavy atom. The van der Waals surface area contributed by atoms with Crippen molar-refractivity contribution in [3.8, 4) is 5.75 Å². The third-order valence-corrected chi connectivity index (χ3v) is 6.91. The molecule has 7 heteroatoms. The summed E-state index contributed by atoms with van der Waals surface area (Å²) in [5, 5.41) is 1.11. The van der Waals surface area contributed by atoms with Crippen molar-refractivity contribution < 1.29 is 9.47 Å². The lowest BCUT2D eigenvalue weighted by Crippen LogP contribution is -2.40. The molecule has 31 heavy (non-hydrogen) atoms. The third-order valence-electron chi connectivity index (χ3n) is 6.91. The minimum Gasteiger partial charge on any atom is -0.497 e. The fourth-order valence-electron chi connectivity index (χ4n) is 5.27. The van der Waals surface area contributed by atoms with E-state index in [4.69, 9.17) is 24.4 Å². The molecule has 0 amide bonds. The topological polar surface area (TPSA) is 63.6 Å². The summed E-state index contributed by atoms with van der Waals surface area (Å²) in [5.41, 5.74) is 4.67. The first kappa shape index (κ1) is 19.0. The lowest BCUT2D eigenvalue weighted by Gasteiger charge is -2.36. The first-order valence-corrected chi connectivity index (χ1v) is 11.2. The second-order valence-electron chi connectivity index (χ2n) is 8.66. The van der Waals surface area contributed by atoms with Crippen LogP contribution in [0.1, 0.15) is 35.8 Å². The molecular formula is C24H27N5O2. The minimum atomic E-state index is 0.390. The van der Waals surface area contributed by atoms with E-state index in [-0.39, 0.29) is 0 Å². The van der Waals surface area contributed by atoms with Gasteiger partial charge in [-0.1, -0.05) is 6.07 Å². The molecule has 0 unspecified atom stereocenters. The summed E-state index contributed by atoms with van der Waals surface area (Å²) in [5.74, 6) is 1.73. The smallest absolute Gasteiger partial charge is 0.225 e. The van der Waals surface area contributed by atoms with Gasteiger partial charge in [0.15, 0.2) is 0 Å². The number of hydrogen-bond acceptors (Lipinski definition) is 7. The van der Waals surface area contributed by atoms with Gasteiger partial charge in [-0.25, -0.2) is 9.97 Å². The molecule has 3 aromatic rings. The van der Waals surface area contributed by atoms with E-state index in [2.05, 4.69) is 28.1 Å². The Hall–Kier alpha value is -2.77. The highest BCUT2D eigenvalue weighted by molar-refractivity contribution is 5.80. The van der Waals surface area contributed by atoms with Crippen LogP contribution in [0.4, 0.5) is 5.95 Å². The molecule has 3 aliphatic heterocycles. The van der Waals surface area contributed by atoms with Gasteiger partial charge in [0.25, 0.3) is 0 Å². The fraction of sp³-hybridized carbons (Fsp3) is 0.458. The molecule has 0 radical (unpaired) electrons. The van der Waals surface area contributed by atoms with Crippen molar-refractivity contribution in [2.24, 2.45) is 0 Å². The van der Waals surface area contributed by atoms with Crippen LogP contribution in [0, 0.1) is 0 Å². The Morgan fingerprint density at radius 1 is 1.10 bits per heavy atom. The lowest BCUT2D eigenvalue weighted by atomic mass is 9.99. The molecule has 7 nitrogen and oxygen atoms in total. The van der Waals surface area contributed by atoms with Crippen LogP contribution in [0.3, 0.4) is 0 Å². The summed E-state index contributed by atoms with van der Waals surface area (Å²) >= 11 is 0. The van der Waals surface area contributed by atoms with E-state index in [9.17, 15) is 0 Å². The van der Waals surface area contributed by atoms with Crippen LogP contribution in [0.5, 0.6) is 5.75 Å². The largest absolute Gasteiger partial charge is 0.497 e. The third kappa shape index (κ3) is 3.42. The van der Waals surface area contributed by atoms with Gasteiger partial charge in [0, 0.05) is 55.3 Å². The number of ether oxygens (including phenoxy) is 2. The van der Waals surface area contributed by atoms with Gasteiger partial charge in [-0.3, -0.25) is 9.88 Å². The molecule has 2 fully saturated rings. The van der Waals surface area contributed by atoms with Crippen molar-refractivity contribution in [1.29, 1.82) is 0 Å². The molecule has 2 saturated heterocycles. The maximum Gasteiger partial charge on any atom is 0.225 e. The standard InChI is InChI=1S/C24H27N5O2/c1-30-19-5-6-21-16(12-19)2-3-17(26-21)15-29-18-4-7-23(29)20-14-25-24(27-22(20)13-18)28-8-10-31-11-9-28/h2-3,5-6,12,14,18,23H,4,7-11,13,15H2,1H3/t18-,23-/m1/s1. The predicted molar refractivity (Wildman–Crippen MR) is 118 cm³/mol. The zero-order valence-corrected chi connectivity index (χ0v) is 17.8. The Bertz CT molecular complexity index is 1110. The lowest BCUT2D eigenvalue weighted by molar-refractivity contribution is 0.122. The summed E-state index contributed by atoms with van der Waals surface area (Å²) < 4.78 is 10.8. The number of aromatic nitrogens is 3. The number of morpholine rings is 1. The first-order valence-electron chi connectivity index (χ1n) is 11.2. The summed E-state index contributed by atoms with van der Waals surface area (Å²) in [6.07, 6.45) is 5.45. The van der Waals surface area contributed by atoms with Crippen LogP contribution in [-0.2, 0) is 17.7 Å². The van der Waals surface area contributed by atoms with Crippen LogP contribution < -0.4 is 9.64 Å². The SMILES string of the molecule is COc1ccc2nc(CN3[C@@H]4CC[C@@H]3c3cnc(N5CCOCC5)nc3C4)ccc2c1. The van der Waals surface area contributed by atoms with Crippen LogP contribution in [0.2, 0.25) is 0 Å². The molecule has 5 heterocycles. The monoisotopic (exact) mass is 417 g/mol. The van der Waals surface area contributed by atoms with E-state index in [1.54, 1.807) is 7.11 Å². The van der Waals surface area contributed by atoms with Gasteiger partial charge >= 0.3 is 0 Å². The van der Waals surface area contributed by atoms with Crippen molar-refractivity contribution in [1.82, 2.24) is 19.9 Å². The van der Waals surface area contributed by atoms with Gasteiger partial charge in [-0.15, -0.1) is 0 Å². The second-order valence-corrected chi connectivity index (χ2v) is 8.66. The molecule has 0 spiro atoms. The molecular weight excluding hydrogens is 390 g/mol. The van der Waals surface area contributed by atoms with Gasteiger partial charge < -0.3 is 14.4 Å². The number of fused-ring (bicyclic) bond motifs is 5. The predicted octanol–water partition coefficient (Wildman–Crippen LogP) is 3.13. The average Bonchev–Trinajstić information content (AvgIpc) is 3.10. The Balaban J connectivity index is 1.25. The molecule has 1 aromatic carbocycles. The van der Waals surface area contributed by atoms with E-state index >= 15 is 0 Å². The van der Waals surface area contributed by atoms with E-state index in [1.807, 2.05) is 18.2 Å². The molecule has 2 bridgehead atoms. The average molecular weight is 418 g/mol. The highest BCUT2D eigenvalue weighted by Crippen LogP contribution is 2.44.